The van der Waals surface area contributed by atoms with Crippen LogP contribution in [0.25, 0.3) is 0 Å². The maximum absolute atomic E-state index is 13.3. The zero-order valence-corrected chi connectivity index (χ0v) is 12.6. The van der Waals surface area contributed by atoms with Gasteiger partial charge in [-0.25, -0.2) is 9.18 Å². The van der Waals surface area contributed by atoms with Gasteiger partial charge in [0.2, 0.25) is 5.82 Å². The van der Waals surface area contributed by atoms with E-state index in [9.17, 15) is 33.6 Å². The Morgan fingerprint density at radius 2 is 1.80 bits per heavy atom. The number of carboxylic acids is 1. The first kappa shape index (κ1) is 18.0. The van der Waals surface area contributed by atoms with Crippen LogP contribution in [0.4, 0.5) is 14.5 Å². The lowest BCUT2D eigenvalue weighted by atomic mass is 10.0. The van der Waals surface area contributed by atoms with Crippen LogP contribution in [-0.4, -0.2) is 27.9 Å². The number of aliphatic carboxylic acids is 1. The van der Waals surface area contributed by atoms with Gasteiger partial charge in [0.15, 0.2) is 0 Å². The molecule has 2 aromatic rings. The number of nitrogens with zero attached hydrogens (tertiary/aromatic N) is 1. The number of amides is 1. The molecule has 0 aliphatic carbocycles. The van der Waals surface area contributed by atoms with Gasteiger partial charge in [0.1, 0.15) is 11.9 Å². The molecule has 0 spiro atoms. The van der Waals surface area contributed by atoms with Crippen molar-refractivity contribution in [2.24, 2.45) is 0 Å². The molecule has 9 heteroatoms. The predicted molar refractivity (Wildman–Crippen MR) is 82.0 cm³/mol. The van der Waals surface area contributed by atoms with Crippen LogP contribution in [-0.2, 0) is 11.2 Å². The zero-order chi connectivity index (χ0) is 18.6. The first-order valence-corrected chi connectivity index (χ1v) is 7.00. The van der Waals surface area contributed by atoms with Crippen molar-refractivity contribution in [2.45, 2.75) is 12.5 Å². The zero-order valence-electron chi connectivity index (χ0n) is 12.6. The first-order chi connectivity index (χ1) is 11.8. The highest BCUT2D eigenvalue weighted by Crippen LogP contribution is 2.19. The van der Waals surface area contributed by atoms with Gasteiger partial charge in [-0.3, -0.25) is 14.9 Å². The standard InChI is InChI=1S/C16H12F2N2O5/c17-11-4-2-10(3-5-11)15(21)19-13(16(22)23)7-9-1-6-12(18)14(8-9)20(24)25/h1-6,8,13H,7H2,(H,19,21)(H,22,23)/t13-/m0/s1. The van der Waals surface area contributed by atoms with Gasteiger partial charge < -0.3 is 10.4 Å². The van der Waals surface area contributed by atoms with Crippen molar-refractivity contribution >= 4 is 17.6 Å². The van der Waals surface area contributed by atoms with Crippen LogP contribution in [0.15, 0.2) is 42.5 Å². The molecule has 0 aliphatic rings. The number of hydrogen-bond donors (Lipinski definition) is 2. The minimum atomic E-state index is -1.40. The lowest BCUT2D eigenvalue weighted by Crippen LogP contribution is -2.42. The van der Waals surface area contributed by atoms with E-state index in [1.807, 2.05) is 0 Å². The highest BCUT2D eigenvalue weighted by Gasteiger charge is 2.23. The van der Waals surface area contributed by atoms with Gasteiger partial charge in [0.05, 0.1) is 4.92 Å². The molecule has 0 unspecified atom stereocenters. The maximum atomic E-state index is 13.3. The van der Waals surface area contributed by atoms with Crippen molar-refractivity contribution in [3.63, 3.8) is 0 Å². The molecule has 1 atom stereocenters. The van der Waals surface area contributed by atoms with E-state index in [-0.39, 0.29) is 17.5 Å². The fourth-order valence-corrected chi connectivity index (χ4v) is 2.10. The molecule has 130 valence electrons. The summed E-state index contributed by atoms with van der Waals surface area (Å²) in [5.41, 5.74) is -0.566. The number of carbonyl (C=O) groups is 2. The molecular formula is C16H12F2N2O5. The van der Waals surface area contributed by atoms with Crippen LogP contribution in [0, 0.1) is 21.7 Å². The molecular weight excluding hydrogens is 338 g/mol. The molecule has 7 nitrogen and oxygen atoms in total. The summed E-state index contributed by atoms with van der Waals surface area (Å²) >= 11 is 0. The van der Waals surface area contributed by atoms with Crippen molar-refractivity contribution in [1.29, 1.82) is 0 Å². The van der Waals surface area contributed by atoms with Gasteiger partial charge in [-0.1, -0.05) is 6.07 Å². The smallest absolute Gasteiger partial charge is 0.326 e. The van der Waals surface area contributed by atoms with E-state index in [1.165, 1.54) is 18.2 Å². The summed E-state index contributed by atoms with van der Waals surface area (Å²) in [4.78, 5) is 33.2. The van der Waals surface area contributed by atoms with Crippen LogP contribution < -0.4 is 5.32 Å². The minimum absolute atomic E-state index is 0.0535. The lowest BCUT2D eigenvalue weighted by molar-refractivity contribution is -0.387. The summed E-state index contributed by atoms with van der Waals surface area (Å²) in [6.07, 6.45) is -0.288. The fraction of sp³-hybridized carbons (Fsp3) is 0.125. The van der Waals surface area contributed by atoms with Crippen LogP contribution in [0.1, 0.15) is 15.9 Å². The van der Waals surface area contributed by atoms with Crippen molar-refractivity contribution in [3.8, 4) is 0 Å². The Kier molecular flexibility index (Phi) is 5.38. The molecule has 0 aromatic heterocycles. The Labute approximate surface area is 140 Å². The lowest BCUT2D eigenvalue weighted by Gasteiger charge is -2.14. The number of carboxylic acid groups (broad SMARTS) is 1. The number of carbonyl (C=O) groups excluding carboxylic acids is 1. The van der Waals surface area contributed by atoms with Crippen LogP contribution in [0.5, 0.6) is 0 Å². The summed E-state index contributed by atoms with van der Waals surface area (Å²) in [6.45, 7) is 0. The Morgan fingerprint density at radius 3 is 2.36 bits per heavy atom. The SMILES string of the molecule is O=C(N[C@@H](Cc1ccc(F)c([N+](=O)[O-])c1)C(=O)O)c1ccc(F)cc1. The normalized spacial score (nSPS) is 11.6. The van der Waals surface area contributed by atoms with E-state index in [0.29, 0.717) is 0 Å². The van der Waals surface area contributed by atoms with E-state index in [4.69, 9.17) is 0 Å². The highest BCUT2D eigenvalue weighted by molar-refractivity contribution is 5.96. The molecule has 2 N–H and O–H groups in total. The quantitative estimate of drug-likeness (QED) is 0.614. The number of benzene rings is 2. The second-order valence-electron chi connectivity index (χ2n) is 5.12. The molecule has 0 radical (unpaired) electrons. The second kappa shape index (κ2) is 7.47. The van der Waals surface area contributed by atoms with E-state index >= 15 is 0 Å². The minimum Gasteiger partial charge on any atom is -0.480 e. The molecule has 0 aliphatic heterocycles. The van der Waals surface area contributed by atoms with E-state index in [1.54, 1.807) is 0 Å². The van der Waals surface area contributed by atoms with Crippen LogP contribution in [0.2, 0.25) is 0 Å². The maximum Gasteiger partial charge on any atom is 0.326 e. The molecule has 2 aromatic carbocycles. The topological polar surface area (TPSA) is 110 Å². The van der Waals surface area contributed by atoms with Crippen molar-refractivity contribution < 1.29 is 28.4 Å². The summed E-state index contributed by atoms with van der Waals surface area (Å²) in [5, 5.41) is 22.2. The van der Waals surface area contributed by atoms with E-state index in [2.05, 4.69) is 5.32 Å². The molecule has 2 rings (SSSR count). The van der Waals surface area contributed by atoms with E-state index in [0.717, 1.165) is 24.3 Å². The van der Waals surface area contributed by atoms with Gasteiger partial charge in [-0.15, -0.1) is 0 Å². The number of nitro benzene ring substituents is 1. The van der Waals surface area contributed by atoms with Gasteiger partial charge in [-0.2, -0.15) is 4.39 Å². The van der Waals surface area contributed by atoms with Crippen LogP contribution >= 0.6 is 0 Å². The third-order valence-electron chi connectivity index (χ3n) is 3.36. The first-order valence-electron chi connectivity index (χ1n) is 7.00. The number of nitro groups is 1. The average Bonchev–Trinajstić information content (AvgIpc) is 2.56. The van der Waals surface area contributed by atoms with Gasteiger partial charge in [0.25, 0.3) is 5.91 Å². The Balaban J connectivity index is 2.17. The highest BCUT2D eigenvalue weighted by atomic mass is 19.1. The van der Waals surface area contributed by atoms with Gasteiger partial charge >= 0.3 is 11.7 Å². The average molecular weight is 350 g/mol. The number of nitrogens with one attached hydrogen (secondary N) is 1. The number of hydrogen-bond acceptors (Lipinski definition) is 4. The third-order valence-corrected chi connectivity index (χ3v) is 3.36. The van der Waals surface area contributed by atoms with Crippen molar-refractivity contribution in [1.82, 2.24) is 5.32 Å². The number of halogens is 2. The summed E-state index contributed by atoms with van der Waals surface area (Å²) in [6, 6.07) is 6.04. The van der Waals surface area contributed by atoms with Crippen molar-refractivity contribution in [2.75, 3.05) is 0 Å². The molecule has 1 amide bonds. The summed E-state index contributed by atoms with van der Waals surface area (Å²) in [7, 11) is 0. The van der Waals surface area contributed by atoms with Crippen molar-refractivity contribution in [3.05, 3.63) is 75.3 Å². The van der Waals surface area contributed by atoms with Crippen LogP contribution in [0.3, 0.4) is 0 Å². The summed E-state index contributed by atoms with van der Waals surface area (Å²) in [5.74, 6) is -3.72. The molecule has 25 heavy (non-hydrogen) atoms. The Morgan fingerprint density at radius 1 is 1.16 bits per heavy atom. The molecule has 0 saturated heterocycles. The molecule has 0 heterocycles. The van der Waals surface area contributed by atoms with E-state index < -0.39 is 40.2 Å². The summed E-state index contributed by atoms with van der Waals surface area (Å²) < 4.78 is 26.2. The van der Waals surface area contributed by atoms with Gasteiger partial charge in [0, 0.05) is 18.1 Å². The second-order valence-corrected chi connectivity index (χ2v) is 5.12. The monoisotopic (exact) mass is 350 g/mol. The van der Waals surface area contributed by atoms with Gasteiger partial charge in [-0.05, 0) is 35.9 Å². The fourth-order valence-electron chi connectivity index (χ4n) is 2.10. The Hall–Kier alpha value is -3.36. The largest absolute Gasteiger partial charge is 0.480 e. The number of rotatable bonds is 6. The molecule has 0 fully saturated rings. The molecule has 0 saturated carbocycles. The Bertz CT molecular complexity index is 824. The predicted octanol–water partition coefficient (Wildman–Crippen LogP) is 2.30. The molecule has 0 bridgehead atoms. The third kappa shape index (κ3) is 4.56.